The van der Waals surface area contributed by atoms with Gasteiger partial charge in [-0.15, -0.1) is 5.10 Å². The molecule has 10 heteroatoms. The van der Waals surface area contributed by atoms with Crippen molar-refractivity contribution in [2.45, 2.75) is 18.3 Å². The number of benzene rings is 2. The maximum absolute atomic E-state index is 11.7. The van der Waals surface area contributed by atoms with Gasteiger partial charge in [0, 0.05) is 21.2 Å². The highest BCUT2D eigenvalue weighted by Crippen LogP contribution is 2.25. The lowest BCUT2D eigenvalue weighted by molar-refractivity contribution is -0.138. The van der Waals surface area contributed by atoms with Crippen LogP contribution < -0.4 is 10.1 Å². The summed E-state index contributed by atoms with van der Waals surface area (Å²) in [6.45, 7) is 0.263. The highest BCUT2D eigenvalue weighted by Gasteiger charge is 2.32. The van der Waals surface area contributed by atoms with E-state index in [0.717, 1.165) is 17.3 Å². The first-order valence-electron chi connectivity index (χ1n) is 8.38. The number of rotatable bonds is 7. The molecule has 1 aliphatic heterocycles. The van der Waals surface area contributed by atoms with Crippen LogP contribution in [0.5, 0.6) is 5.75 Å². The van der Waals surface area contributed by atoms with Gasteiger partial charge in [0.05, 0.1) is 12.6 Å². The molecule has 1 aliphatic rings. The van der Waals surface area contributed by atoms with E-state index in [4.69, 9.17) is 33.0 Å². The molecule has 0 aromatic heterocycles. The Morgan fingerprint density at radius 1 is 1.28 bits per heavy atom. The molecule has 1 saturated heterocycles. The van der Waals surface area contributed by atoms with E-state index in [2.05, 4.69) is 15.5 Å². The van der Waals surface area contributed by atoms with Crippen LogP contribution in [0.4, 0.5) is 0 Å². The summed E-state index contributed by atoms with van der Waals surface area (Å²) in [6.07, 6.45) is 1.16. The van der Waals surface area contributed by atoms with Gasteiger partial charge in [0.1, 0.15) is 17.6 Å². The molecule has 29 heavy (non-hydrogen) atoms. The summed E-state index contributed by atoms with van der Waals surface area (Å²) < 4.78 is 5.84. The number of hydrogen-bond donors (Lipinski definition) is 2. The Labute approximate surface area is 180 Å². The molecular formula is C19H15Cl2N3O4S. The van der Waals surface area contributed by atoms with Gasteiger partial charge in [-0.1, -0.05) is 53.2 Å². The van der Waals surface area contributed by atoms with Gasteiger partial charge in [0.15, 0.2) is 5.17 Å². The van der Waals surface area contributed by atoms with E-state index in [1.807, 2.05) is 18.2 Å². The van der Waals surface area contributed by atoms with Crippen molar-refractivity contribution in [3.05, 3.63) is 63.6 Å². The average Bonchev–Trinajstić information content (AvgIpc) is 3.01. The van der Waals surface area contributed by atoms with Crippen molar-refractivity contribution in [1.82, 2.24) is 5.32 Å². The van der Waals surface area contributed by atoms with E-state index in [-0.39, 0.29) is 18.2 Å². The highest BCUT2D eigenvalue weighted by molar-refractivity contribution is 8.15. The summed E-state index contributed by atoms with van der Waals surface area (Å²) in [5.74, 6) is -0.926. The number of amides is 1. The zero-order chi connectivity index (χ0) is 20.8. The first-order chi connectivity index (χ1) is 13.9. The lowest BCUT2D eigenvalue weighted by atomic mass is 10.2. The quantitative estimate of drug-likeness (QED) is 0.489. The number of hydrogen-bond acceptors (Lipinski definition) is 6. The topological polar surface area (TPSA) is 100 Å². The monoisotopic (exact) mass is 451 g/mol. The van der Waals surface area contributed by atoms with Crippen LogP contribution in [0.1, 0.15) is 17.5 Å². The van der Waals surface area contributed by atoms with Crippen LogP contribution in [0, 0.1) is 0 Å². The van der Waals surface area contributed by atoms with Gasteiger partial charge in [0.2, 0.25) is 5.91 Å². The Morgan fingerprint density at radius 3 is 2.83 bits per heavy atom. The maximum Gasteiger partial charge on any atom is 0.305 e. The standard InChI is InChI=1S/C19H15Cl2N3O4S/c20-13-5-6-15(28-10-11-3-1-2-4-14(11)21)12(7-13)9-22-24-19-23-18(27)16(29-19)8-17(25)26/h1-7,9,16H,8,10H2,(H,25,26)(H,23,24,27). The molecule has 0 saturated carbocycles. The Bertz CT molecular complexity index is 997. The van der Waals surface area contributed by atoms with Crippen LogP contribution in [-0.4, -0.2) is 33.6 Å². The van der Waals surface area contributed by atoms with Gasteiger partial charge in [-0.2, -0.15) is 5.10 Å². The number of carboxylic acids is 1. The molecule has 7 nitrogen and oxygen atoms in total. The third-order valence-corrected chi connectivity index (χ3v) is 5.47. The minimum Gasteiger partial charge on any atom is -0.488 e. The number of carboxylic acid groups (broad SMARTS) is 1. The molecular weight excluding hydrogens is 437 g/mol. The van der Waals surface area contributed by atoms with Crippen molar-refractivity contribution >= 4 is 58.2 Å². The van der Waals surface area contributed by atoms with E-state index < -0.39 is 17.1 Å². The van der Waals surface area contributed by atoms with E-state index >= 15 is 0 Å². The van der Waals surface area contributed by atoms with Gasteiger partial charge < -0.3 is 15.2 Å². The maximum atomic E-state index is 11.7. The second kappa shape index (κ2) is 9.78. The number of thioether (sulfide) groups is 1. The molecule has 3 rings (SSSR count). The third-order valence-electron chi connectivity index (χ3n) is 3.79. The lowest BCUT2D eigenvalue weighted by Crippen LogP contribution is -2.26. The number of halogens is 2. The number of nitrogens with zero attached hydrogens (tertiary/aromatic N) is 2. The average molecular weight is 452 g/mol. The molecule has 0 spiro atoms. The van der Waals surface area contributed by atoms with Crippen LogP contribution in [-0.2, 0) is 16.2 Å². The van der Waals surface area contributed by atoms with E-state index in [9.17, 15) is 9.59 Å². The highest BCUT2D eigenvalue weighted by atomic mass is 35.5. The first kappa shape index (κ1) is 21.2. The number of carbonyl (C=O) groups is 2. The molecule has 2 aromatic carbocycles. The molecule has 1 amide bonds. The number of amidine groups is 1. The van der Waals surface area contributed by atoms with Crippen molar-refractivity contribution in [3.63, 3.8) is 0 Å². The molecule has 2 aromatic rings. The molecule has 1 atom stereocenters. The van der Waals surface area contributed by atoms with Gasteiger partial charge >= 0.3 is 5.97 Å². The fourth-order valence-corrected chi connectivity index (χ4v) is 3.70. The van der Waals surface area contributed by atoms with Crippen LogP contribution >= 0.6 is 35.0 Å². The number of carbonyl (C=O) groups excluding carboxylic acids is 1. The summed E-state index contributed by atoms with van der Waals surface area (Å²) in [5.41, 5.74) is 1.42. The van der Waals surface area contributed by atoms with Crippen molar-refractivity contribution in [3.8, 4) is 5.75 Å². The summed E-state index contributed by atoms with van der Waals surface area (Å²) >= 11 is 13.2. The van der Waals surface area contributed by atoms with Crippen LogP contribution in [0.3, 0.4) is 0 Å². The SMILES string of the molecule is O=C(O)CC1SC(=NN=Cc2cc(Cl)ccc2OCc2ccccc2Cl)NC1=O. The largest absolute Gasteiger partial charge is 0.488 e. The summed E-state index contributed by atoms with van der Waals surface area (Å²) in [5, 5.41) is 19.8. The van der Waals surface area contributed by atoms with Gasteiger partial charge in [-0.3, -0.25) is 9.59 Å². The second-order valence-electron chi connectivity index (χ2n) is 5.91. The van der Waals surface area contributed by atoms with Crippen molar-refractivity contribution in [1.29, 1.82) is 0 Å². The van der Waals surface area contributed by atoms with Crippen LogP contribution in [0.2, 0.25) is 10.0 Å². The summed E-state index contributed by atoms with van der Waals surface area (Å²) in [6, 6.07) is 12.4. The number of ether oxygens (including phenoxy) is 1. The number of aliphatic carboxylic acids is 1. The molecule has 150 valence electrons. The Hall–Kier alpha value is -2.55. The number of nitrogens with one attached hydrogen (secondary N) is 1. The normalized spacial score (nSPS) is 17.7. The Morgan fingerprint density at radius 2 is 2.07 bits per heavy atom. The summed E-state index contributed by atoms with van der Waals surface area (Å²) in [4.78, 5) is 22.5. The van der Waals surface area contributed by atoms with Gasteiger partial charge in [-0.25, -0.2) is 0 Å². The third kappa shape index (κ3) is 5.96. The van der Waals surface area contributed by atoms with E-state index in [1.165, 1.54) is 6.21 Å². The molecule has 1 heterocycles. The Kier molecular flexibility index (Phi) is 7.13. The minimum absolute atomic E-state index is 0.234. The molecule has 2 N–H and O–H groups in total. The van der Waals surface area contributed by atoms with Gasteiger partial charge in [0.25, 0.3) is 0 Å². The van der Waals surface area contributed by atoms with E-state index in [1.54, 1.807) is 24.3 Å². The lowest BCUT2D eigenvalue weighted by Gasteiger charge is -2.10. The van der Waals surface area contributed by atoms with E-state index in [0.29, 0.717) is 21.4 Å². The predicted octanol–water partition coefficient (Wildman–Crippen LogP) is 3.97. The first-order valence-corrected chi connectivity index (χ1v) is 10.0. The molecule has 0 radical (unpaired) electrons. The zero-order valence-corrected chi connectivity index (χ0v) is 17.2. The molecule has 0 aliphatic carbocycles. The summed E-state index contributed by atoms with van der Waals surface area (Å²) in [7, 11) is 0. The Balaban J connectivity index is 1.70. The second-order valence-corrected chi connectivity index (χ2v) is 7.94. The predicted molar refractivity (Wildman–Crippen MR) is 114 cm³/mol. The zero-order valence-electron chi connectivity index (χ0n) is 14.8. The minimum atomic E-state index is -1.05. The smallest absolute Gasteiger partial charge is 0.305 e. The molecule has 1 unspecified atom stereocenters. The van der Waals surface area contributed by atoms with Crippen molar-refractivity contribution < 1.29 is 19.4 Å². The molecule has 0 bridgehead atoms. The molecule has 1 fully saturated rings. The fourth-order valence-electron chi connectivity index (χ4n) is 2.41. The van der Waals surface area contributed by atoms with Crippen LogP contribution in [0.25, 0.3) is 0 Å². The fraction of sp³-hybridized carbons (Fsp3) is 0.158. The van der Waals surface area contributed by atoms with Crippen molar-refractivity contribution in [2.24, 2.45) is 10.2 Å². The van der Waals surface area contributed by atoms with Crippen LogP contribution in [0.15, 0.2) is 52.7 Å². The van der Waals surface area contributed by atoms with Gasteiger partial charge in [-0.05, 0) is 24.3 Å². The van der Waals surface area contributed by atoms with Crippen molar-refractivity contribution in [2.75, 3.05) is 0 Å².